The van der Waals surface area contributed by atoms with Gasteiger partial charge in [-0.3, -0.25) is 4.79 Å². The number of likely N-dealkylation sites (tertiary alicyclic amines) is 1. The fourth-order valence-corrected chi connectivity index (χ4v) is 4.72. The maximum absolute atomic E-state index is 13.0. The fourth-order valence-electron chi connectivity index (χ4n) is 4.72. The highest BCUT2D eigenvalue weighted by Gasteiger charge is 2.42. The number of hydrogen-bond acceptors (Lipinski definition) is 5. The number of fused-ring (bicyclic) bond motifs is 3. The van der Waals surface area contributed by atoms with Crippen LogP contribution in [-0.4, -0.2) is 36.0 Å². The summed E-state index contributed by atoms with van der Waals surface area (Å²) in [7, 11) is 0. The van der Waals surface area contributed by atoms with E-state index < -0.39 is 6.10 Å². The van der Waals surface area contributed by atoms with Gasteiger partial charge in [0.2, 0.25) is 0 Å². The van der Waals surface area contributed by atoms with E-state index in [0.717, 1.165) is 29.4 Å². The molecule has 2 N–H and O–H groups in total. The summed E-state index contributed by atoms with van der Waals surface area (Å²) >= 11 is 0. The number of nitrogens with zero attached hydrogens (tertiary/aromatic N) is 1. The second-order valence-corrected chi connectivity index (χ2v) is 8.45. The van der Waals surface area contributed by atoms with Crippen LogP contribution in [0.5, 0.6) is 5.75 Å². The Bertz CT molecular complexity index is 982. The summed E-state index contributed by atoms with van der Waals surface area (Å²) in [5.74, 6) is 1.37. The van der Waals surface area contributed by atoms with Crippen molar-refractivity contribution in [2.24, 2.45) is 17.6 Å². The molecular formula is C22H28N2O4. The van der Waals surface area contributed by atoms with E-state index in [9.17, 15) is 9.59 Å². The van der Waals surface area contributed by atoms with Crippen molar-refractivity contribution in [1.29, 1.82) is 0 Å². The zero-order valence-corrected chi connectivity index (χ0v) is 17.0. The molecule has 150 valence electrons. The molecule has 28 heavy (non-hydrogen) atoms. The Morgan fingerprint density at radius 1 is 1.18 bits per heavy atom. The van der Waals surface area contributed by atoms with Crippen molar-refractivity contribution in [1.82, 2.24) is 4.90 Å². The number of nitrogens with two attached hydrogens (primary N) is 1. The summed E-state index contributed by atoms with van der Waals surface area (Å²) in [6.45, 7) is 8.75. The predicted molar refractivity (Wildman–Crippen MR) is 108 cm³/mol. The van der Waals surface area contributed by atoms with Crippen molar-refractivity contribution in [3.05, 3.63) is 39.2 Å². The molecule has 1 aromatic heterocycles. The van der Waals surface area contributed by atoms with Gasteiger partial charge in [-0.2, -0.15) is 0 Å². The standard InChI is InChI=1S/C22H28N2O4/c1-11-7-17(19-12(2)13(3)22(26)28-18(19)8-11)27-14(4)21(25)24-9-15-5-6-16(10-24)20(15)23/h7-8,14-16,20H,5-6,9-10,23H2,1-4H3/t14?,15-,16+,20?. The first-order valence-corrected chi connectivity index (χ1v) is 10.0. The number of ether oxygens (including phenoxy) is 1. The van der Waals surface area contributed by atoms with Gasteiger partial charge in [0.05, 0.1) is 5.39 Å². The molecule has 6 nitrogen and oxygen atoms in total. The van der Waals surface area contributed by atoms with Crippen LogP contribution in [0.3, 0.4) is 0 Å². The van der Waals surface area contributed by atoms with Crippen LogP contribution in [0.1, 0.15) is 36.5 Å². The van der Waals surface area contributed by atoms with Crippen LogP contribution in [0, 0.1) is 32.6 Å². The minimum Gasteiger partial charge on any atom is -0.480 e. The first-order valence-electron chi connectivity index (χ1n) is 10.0. The lowest BCUT2D eigenvalue weighted by Crippen LogP contribution is -2.53. The molecule has 6 heteroatoms. The van der Waals surface area contributed by atoms with Gasteiger partial charge < -0.3 is 19.8 Å². The van der Waals surface area contributed by atoms with E-state index >= 15 is 0 Å². The quantitative estimate of drug-likeness (QED) is 0.823. The Morgan fingerprint density at radius 2 is 1.82 bits per heavy atom. The van der Waals surface area contributed by atoms with E-state index in [1.807, 2.05) is 30.9 Å². The number of rotatable bonds is 3. The van der Waals surface area contributed by atoms with E-state index in [1.54, 1.807) is 13.8 Å². The van der Waals surface area contributed by atoms with Gasteiger partial charge >= 0.3 is 5.63 Å². The highest BCUT2D eigenvalue weighted by Crippen LogP contribution is 2.36. The zero-order chi connectivity index (χ0) is 20.2. The Morgan fingerprint density at radius 3 is 2.46 bits per heavy atom. The van der Waals surface area contributed by atoms with E-state index in [2.05, 4.69) is 0 Å². The van der Waals surface area contributed by atoms with Crippen molar-refractivity contribution in [2.45, 2.75) is 52.7 Å². The lowest BCUT2D eigenvalue weighted by molar-refractivity contribution is -0.140. The summed E-state index contributed by atoms with van der Waals surface area (Å²) in [4.78, 5) is 27.0. The largest absolute Gasteiger partial charge is 0.480 e. The summed E-state index contributed by atoms with van der Waals surface area (Å²) < 4.78 is 11.6. The number of hydrogen-bond donors (Lipinski definition) is 1. The summed E-state index contributed by atoms with van der Waals surface area (Å²) in [6.07, 6.45) is 1.58. The first-order chi connectivity index (χ1) is 13.3. The third-order valence-corrected chi connectivity index (χ3v) is 6.53. The maximum Gasteiger partial charge on any atom is 0.339 e. The fraction of sp³-hybridized carbons (Fsp3) is 0.545. The van der Waals surface area contributed by atoms with Gasteiger partial charge in [0.15, 0.2) is 6.10 Å². The molecule has 1 saturated carbocycles. The molecule has 1 saturated heterocycles. The third-order valence-electron chi connectivity index (χ3n) is 6.53. The molecule has 2 heterocycles. The number of amides is 1. The minimum absolute atomic E-state index is 0.00906. The Hall–Kier alpha value is -2.34. The monoisotopic (exact) mass is 384 g/mol. The Labute approximate surface area is 164 Å². The molecule has 2 fully saturated rings. The van der Waals surface area contributed by atoms with Gasteiger partial charge in [0.1, 0.15) is 11.3 Å². The molecule has 0 spiro atoms. The molecule has 4 atom stereocenters. The SMILES string of the molecule is Cc1cc(OC(C)C(=O)N2C[C@H]3CC[C@@H](C2)C3N)c2c(C)c(C)c(=O)oc2c1. The van der Waals surface area contributed by atoms with Gasteiger partial charge in [0.25, 0.3) is 5.91 Å². The van der Waals surface area contributed by atoms with Crippen LogP contribution in [0.25, 0.3) is 11.0 Å². The molecular weight excluding hydrogens is 356 g/mol. The maximum atomic E-state index is 13.0. The lowest BCUT2D eigenvalue weighted by atomic mass is 9.93. The van der Waals surface area contributed by atoms with Crippen LogP contribution in [0.4, 0.5) is 0 Å². The second kappa shape index (κ2) is 6.92. The van der Waals surface area contributed by atoms with Crippen molar-refractivity contribution >= 4 is 16.9 Å². The summed E-state index contributed by atoms with van der Waals surface area (Å²) in [5, 5.41) is 0.753. The predicted octanol–water partition coefficient (Wildman–Crippen LogP) is 2.68. The van der Waals surface area contributed by atoms with Gasteiger partial charge in [0, 0.05) is 24.7 Å². The Kier molecular flexibility index (Phi) is 4.70. The molecule has 1 aliphatic heterocycles. The topological polar surface area (TPSA) is 85.8 Å². The number of carbonyl (C=O) groups excluding carboxylic acids is 1. The molecule has 1 amide bonds. The molecule has 4 rings (SSSR count). The molecule has 2 aromatic rings. The van der Waals surface area contributed by atoms with Crippen molar-refractivity contribution in [3.8, 4) is 5.75 Å². The normalized spacial score (nSPS) is 25.2. The second-order valence-electron chi connectivity index (χ2n) is 8.45. The number of carbonyl (C=O) groups is 1. The average Bonchev–Trinajstić information content (AvgIpc) is 2.85. The van der Waals surface area contributed by atoms with Gasteiger partial charge in [-0.25, -0.2) is 4.79 Å². The van der Waals surface area contributed by atoms with Crippen LogP contribution < -0.4 is 16.1 Å². The van der Waals surface area contributed by atoms with Crippen LogP contribution in [-0.2, 0) is 4.79 Å². The molecule has 1 aliphatic carbocycles. The highest BCUT2D eigenvalue weighted by molar-refractivity contribution is 5.89. The molecule has 2 aliphatic rings. The Balaban J connectivity index is 1.62. The number of piperidine rings is 1. The van der Waals surface area contributed by atoms with Crippen molar-refractivity contribution < 1.29 is 13.9 Å². The lowest BCUT2D eigenvalue weighted by Gasteiger charge is -2.37. The van der Waals surface area contributed by atoms with E-state index in [1.165, 1.54) is 0 Å². The van der Waals surface area contributed by atoms with Crippen LogP contribution in [0.2, 0.25) is 0 Å². The molecule has 1 aromatic carbocycles. The summed E-state index contributed by atoms with van der Waals surface area (Å²) in [5.41, 5.74) is 8.70. The van der Waals surface area contributed by atoms with Crippen LogP contribution >= 0.6 is 0 Å². The average molecular weight is 384 g/mol. The van der Waals surface area contributed by atoms with Crippen molar-refractivity contribution in [3.63, 3.8) is 0 Å². The minimum atomic E-state index is -0.620. The molecule has 0 radical (unpaired) electrons. The van der Waals surface area contributed by atoms with Crippen LogP contribution in [0.15, 0.2) is 21.3 Å². The van der Waals surface area contributed by atoms with Crippen molar-refractivity contribution in [2.75, 3.05) is 13.1 Å². The van der Waals surface area contributed by atoms with Gasteiger partial charge in [-0.1, -0.05) is 0 Å². The number of aryl methyl sites for hydroxylation is 2. The third kappa shape index (κ3) is 3.09. The zero-order valence-electron chi connectivity index (χ0n) is 17.0. The molecule has 2 bridgehead atoms. The van der Waals surface area contributed by atoms with E-state index in [-0.39, 0.29) is 17.6 Å². The molecule has 2 unspecified atom stereocenters. The van der Waals surface area contributed by atoms with E-state index in [0.29, 0.717) is 41.8 Å². The number of benzene rings is 1. The van der Waals surface area contributed by atoms with Gasteiger partial charge in [-0.05, 0) is 75.6 Å². The highest BCUT2D eigenvalue weighted by atomic mass is 16.5. The van der Waals surface area contributed by atoms with E-state index in [4.69, 9.17) is 14.9 Å². The summed E-state index contributed by atoms with van der Waals surface area (Å²) in [6, 6.07) is 3.94. The van der Waals surface area contributed by atoms with Gasteiger partial charge in [-0.15, -0.1) is 0 Å². The smallest absolute Gasteiger partial charge is 0.339 e. The first kappa shape index (κ1) is 19.0.